The number of pyridine rings is 1. The van der Waals surface area contributed by atoms with Crippen molar-refractivity contribution in [3.63, 3.8) is 0 Å². The van der Waals surface area contributed by atoms with Crippen molar-refractivity contribution in [3.8, 4) is 0 Å². The number of aromatic amines is 1. The molecule has 0 fully saturated rings. The van der Waals surface area contributed by atoms with Crippen molar-refractivity contribution in [2.75, 3.05) is 7.05 Å². The fraction of sp³-hybridized carbons (Fsp3) is 0.190. The molecule has 9 heteroatoms. The molecule has 30 heavy (non-hydrogen) atoms. The molecule has 0 aliphatic rings. The van der Waals surface area contributed by atoms with Gasteiger partial charge in [0.15, 0.2) is 0 Å². The van der Waals surface area contributed by atoms with E-state index >= 15 is 0 Å². The average Bonchev–Trinajstić information content (AvgIpc) is 3.32. The molecule has 3 aromatic heterocycles. The summed E-state index contributed by atoms with van der Waals surface area (Å²) in [7, 11) is 1.87. The Morgan fingerprint density at radius 1 is 1.30 bits per heavy atom. The van der Waals surface area contributed by atoms with Gasteiger partial charge < -0.3 is 15.6 Å². The van der Waals surface area contributed by atoms with Gasteiger partial charge in [-0.15, -0.1) is 0 Å². The summed E-state index contributed by atoms with van der Waals surface area (Å²) >= 11 is 6.10. The first-order valence-corrected chi connectivity index (χ1v) is 9.75. The van der Waals surface area contributed by atoms with Gasteiger partial charge in [-0.2, -0.15) is 5.10 Å². The Labute approximate surface area is 177 Å². The molecule has 1 amide bonds. The molecule has 0 unspecified atom stereocenters. The minimum atomic E-state index is -0.409. The highest BCUT2D eigenvalue weighted by Crippen LogP contribution is 2.25. The lowest BCUT2D eigenvalue weighted by Crippen LogP contribution is -2.23. The van der Waals surface area contributed by atoms with Crippen LogP contribution in [0.15, 0.2) is 49.1 Å². The van der Waals surface area contributed by atoms with Gasteiger partial charge in [-0.1, -0.05) is 11.6 Å². The van der Waals surface area contributed by atoms with Gasteiger partial charge in [0.2, 0.25) is 0 Å². The third kappa shape index (κ3) is 4.34. The molecule has 0 bridgehead atoms. The maximum Gasteiger partial charge on any atom is 0.251 e. The zero-order chi connectivity index (χ0) is 21.1. The van der Waals surface area contributed by atoms with Crippen LogP contribution in [0.5, 0.6) is 0 Å². The van der Waals surface area contributed by atoms with E-state index in [4.69, 9.17) is 11.6 Å². The second-order valence-electron chi connectivity index (χ2n) is 6.92. The molecule has 3 N–H and O–H groups in total. The molecular weight excluding hydrogens is 407 g/mol. The Morgan fingerprint density at radius 3 is 3.00 bits per heavy atom. The summed E-state index contributed by atoms with van der Waals surface area (Å²) in [5.41, 5.74) is 3.19. The zero-order valence-corrected chi connectivity index (χ0v) is 17.0. The van der Waals surface area contributed by atoms with Gasteiger partial charge in [0.1, 0.15) is 5.82 Å². The molecule has 4 aromatic rings. The van der Waals surface area contributed by atoms with Gasteiger partial charge in [-0.25, -0.2) is 4.39 Å². The lowest BCUT2D eigenvalue weighted by Gasteiger charge is -2.08. The topological polar surface area (TPSA) is 87.6 Å². The van der Waals surface area contributed by atoms with Crippen molar-refractivity contribution in [2.24, 2.45) is 0 Å². The van der Waals surface area contributed by atoms with Crippen molar-refractivity contribution < 1.29 is 9.18 Å². The molecule has 4 rings (SSSR count). The van der Waals surface area contributed by atoms with Crippen LogP contribution in [-0.4, -0.2) is 32.7 Å². The number of halogens is 2. The van der Waals surface area contributed by atoms with Crippen LogP contribution in [0, 0.1) is 5.82 Å². The molecule has 0 radical (unpaired) electrons. The number of hydrogen-bond donors (Lipinski definition) is 3. The van der Waals surface area contributed by atoms with Crippen LogP contribution in [0.4, 0.5) is 4.39 Å². The summed E-state index contributed by atoms with van der Waals surface area (Å²) in [5, 5.41) is 11.3. The van der Waals surface area contributed by atoms with E-state index in [2.05, 4.69) is 25.7 Å². The Morgan fingerprint density at radius 2 is 2.17 bits per heavy atom. The quantitative estimate of drug-likeness (QED) is 0.423. The number of nitrogens with zero attached hydrogens (tertiary/aromatic N) is 3. The van der Waals surface area contributed by atoms with Gasteiger partial charge >= 0.3 is 0 Å². The van der Waals surface area contributed by atoms with Gasteiger partial charge in [0.25, 0.3) is 5.91 Å². The van der Waals surface area contributed by atoms with Gasteiger partial charge in [-0.05, 0) is 31.3 Å². The summed E-state index contributed by atoms with van der Waals surface area (Å²) in [6.45, 7) is 1.22. The van der Waals surface area contributed by atoms with Crippen LogP contribution in [-0.2, 0) is 19.6 Å². The minimum absolute atomic E-state index is 0.0479. The molecule has 1 aromatic carbocycles. The molecular formula is C21H20ClFN6O. The normalized spacial score (nSPS) is 11.2. The molecule has 3 heterocycles. The van der Waals surface area contributed by atoms with Crippen molar-refractivity contribution in [2.45, 2.75) is 19.6 Å². The van der Waals surface area contributed by atoms with Crippen LogP contribution in [0.2, 0.25) is 5.02 Å². The van der Waals surface area contributed by atoms with Crippen LogP contribution >= 0.6 is 11.6 Å². The Bertz CT molecular complexity index is 1200. The average molecular weight is 427 g/mol. The number of hydrogen-bond acceptors (Lipinski definition) is 4. The number of carbonyl (C=O) groups is 1. The van der Waals surface area contributed by atoms with Crippen molar-refractivity contribution in [1.82, 2.24) is 30.4 Å². The zero-order valence-electron chi connectivity index (χ0n) is 16.2. The Balaban J connectivity index is 1.44. The lowest BCUT2D eigenvalue weighted by atomic mass is 10.1. The van der Waals surface area contributed by atoms with E-state index in [1.807, 2.05) is 13.2 Å². The summed E-state index contributed by atoms with van der Waals surface area (Å²) in [6, 6.07) is 6.34. The molecule has 0 atom stereocenters. The van der Waals surface area contributed by atoms with E-state index in [1.165, 1.54) is 6.07 Å². The smallest absolute Gasteiger partial charge is 0.251 e. The number of nitrogens with one attached hydrogen (secondary N) is 3. The van der Waals surface area contributed by atoms with Crippen molar-refractivity contribution in [1.29, 1.82) is 0 Å². The SMILES string of the molecule is CNCc1cnn(Cc2cc(C(=O)NCc3cc4c(Cl)c[nH]c4cc3F)ccn2)c1. The van der Waals surface area contributed by atoms with Crippen molar-refractivity contribution >= 4 is 28.4 Å². The monoisotopic (exact) mass is 426 g/mol. The second-order valence-corrected chi connectivity index (χ2v) is 7.33. The Hall–Kier alpha value is -3.23. The number of aromatic nitrogens is 4. The number of fused-ring (bicyclic) bond motifs is 1. The van der Waals surface area contributed by atoms with Crippen LogP contribution in [0.1, 0.15) is 27.2 Å². The van der Waals surface area contributed by atoms with Crippen LogP contribution in [0.3, 0.4) is 0 Å². The fourth-order valence-corrected chi connectivity index (χ4v) is 3.44. The van der Waals surface area contributed by atoms with Crippen LogP contribution < -0.4 is 10.6 Å². The predicted molar refractivity (Wildman–Crippen MR) is 113 cm³/mol. The molecule has 154 valence electrons. The molecule has 0 saturated heterocycles. The number of H-pyrrole nitrogens is 1. The number of benzene rings is 1. The van der Waals surface area contributed by atoms with E-state index in [0.29, 0.717) is 39.3 Å². The number of carbonyl (C=O) groups excluding carboxylic acids is 1. The van der Waals surface area contributed by atoms with Gasteiger partial charge in [0, 0.05) is 59.3 Å². The van der Waals surface area contributed by atoms with Crippen molar-refractivity contribution in [3.05, 3.63) is 82.3 Å². The molecule has 0 aliphatic carbocycles. The molecule has 0 saturated carbocycles. The standard InChI is InChI=1S/C21H20ClFN6O/c1-24-7-13-8-28-29(11-13)12-16-4-14(2-3-25-16)21(30)27-9-15-5-17-18(22)10-26-20(17)6-19(15)23/h2-6,8,10-11,24,26H,7,9,12H2,1H3,(H,27,30). The first-order valence-electron chi connectivity index (χ1n) is 9.37. The number of amides is 1. The van der Waals surface area contributed by atoms with E-state index in [9.17, 15) is 9.18 Å². The van der Waals surface area contributed by atoms with E-state index in [0.717, 1.165) is 12.1 Å². The first-order chi connectivity index (χ1) is 14.5. The summed E-state index contributed by atoms with van der Waals surface area (Å²) < 4.78 is 16.1. The fourth-order valence-electron chi connectivity index (χ4n) is 3.23. The Kier molecular flexibility index (Phi) is 5.78. The summed E-state index contributed by atoms with van der Waals surface area (Å²) in [6.07, 6.45) is 6.90. The maximum absolute atomic E-state index is 14.3. The highest BCUT2D eigenvalue weighted by Gasteiger charge is 2.12. The summed E-state index contributed by atoms with van der Waals surface area (Å²) in [4.78, 5) is 19.8. The predicted octanol–water partition coefficient (Wildman–Crippen LogP) is 3.25. The largest absolute Gasteiger partial charge is 0.360 e. The molecule has 0 spiro atoms. The molecule has 7 nitrogen and oxygen atoms in total. The lowest BCUT2D eigenvalue weighted by molar-refractivity contribution is 0.0950. The van der Waals surface area contributed by atoms with E-state index in [1.54, 1.807) is 41.5 Å². The third-order valence-corrected chi connectivity index (χ3v) is 5.02. The third-order valence-electron chi connectivity index (χ3n) is 4.71. The van der Waals surface area contributed by atoms with Crippen LogP contribution in [0.25, 0.3) is 10.9 Å². The maximum atomic E-state index is 14.3. The van der Waals surface area contributed by atoms with E-state index in [-0.39, 0.29) is 12.5 Å². The highest BCUT2D eigenvalue weighted by molar-refractivity contribution is 6.35. The van der Waals surface area contributed by atoms with E-state index < -0.39 is 5.82 Å². The van der Waals surface area contributed by atoms with Gasteiger partial charge in [0.05, 0.1) is 23.5 Å². The minimum Gasteiger partial charge on any atom is -0.360 e. The van der Waals surface area contributed by atoms with Gasteiger partial charge in [-0.3, -0.25) is 14.5 Å². The molecule has 0 aliphatic heterocycles. The highest BCUT2D eigenvalue weighted by atomic mass is 35.5. The second kappa shape index (κ2) is 8.64. The summed E-state index contributed by atoms with van der Waals surface area (Å²) in [5.74, 6) is -0.720. The first kappa shape index (κ1) is 20.1. The number of rotatable bonds is 7.